The van der Waals surface area contributed by atoms with E-state index in [9.17, 15) is 4.79 Å². The van der Waals surface area contributed by atoms with Gasteiger partial charge in [0.1, 0.15) is 0 Å². The van der Waals surface area contributed by atoms with Crippen molar-refractivity contribution in [1.29, 1.82) is 0 Å². The maximum atomic E-state index is 12.7. The molecule has 0 saturated carbocycles. The summed E-state index contributed by atoms with van der Waals surface area (Å²) in [5.41, 5.74) is 0. The molecule has 0 aromatic rings. The van der Waals surface area contributed by atoms with E-state index in [1.54, 1.807) is 0 Å². The first kappa shape index (κ1) is 22.7. The third kappa shape index (κ3) is 8.93. The van der Waals surface area contributed by atoms with Crippen molar-refractivity contribution in [1.82, 2.24) is 0 Å². The summed E-state index contributed by atoms with van der Waals surface area (Å²) >= 11 is 0. The van der Waals surface area contributed by atoms with Crippen molar-refractivity contribution in [2.24, 2.45) is 5.92 Å². The van der Waals surface area contributed by atoms with Crippen LogP contribution in [0.5, 0.6) is 0 Å². The Morgan fingerprint density at radius 2 is 1.48 bits per heavy atom. The Hall–Kier alpha value is -0.313. The Kier molecular flexibility index (Phi) is 13.9. The van der Waals surface area contributed by atoms with Gasteiger partial charge in [-0.15, -0.1) is 0 Å². The first-order valence-electron chi connectivity index (χ1n) is 10.2. The lowest BCUT2D eigenvalue weighted by Gasteiger charge is -2.35. The molecule has 0 radical (unpaired) electrons. The lowest BCUT2D eigenvalue weighted by molar-refractivity contribution is -0.149. The average Bonchev–Trinajstić information content (AvgIpc) is 2.56. The second-order valence-corrected chi connectivity index (χ2v) is 9.09. The second kappa shape index (κ2) is 14.1. The summed E-state index contributed by atoms with van der Waals surface area (Å²) in [5, 5.41) is -0.160. The fraction of sp³-hybridized carbons (Fsp3) is 0.950. The highest BCUT2D eigenvalue weighted by molar-refractivity contribution is 6.27. The van der Waals surface area contributed by atoms with Gasteiger partial charge in [0.15, 0.2) is 0 Å². The predicted molar refractivity (Wildman–Crippen MR) is 105 cm³/mol. The molecule has 138 valence electrons. The van der Waals surface area contributed by atoms with Crippen LogP contribution in [-0.4, -0.2) is 22.8 Å². The topological polar surface area (TPSA) is 26.3 Å². The standard InChI is InChI=1S/C20H42O2Si/c1-5-9-11-13-16-18(15-7-3)20(23,8-4)19(21)22-17-14-12-10-6-2/h18H,5-17H2,1-4,23H3. The number of carbonyl (C=O) groups is 1. The van der Waals surface area contributed by atoms with Gasteiger partial charge in [0.25, 0.3) is 0 Å². The van der Waals surface area contributed by atoms with Gasteiger partial charge in [-0.25, -0.2) is 0 Å². The van der Waals surface area contributed by atoms with Crippen molar-refractivity contribution in [2.75, 3.05) is 6.61 Å². The van der Waals surface area contributed by atoms with Crippen LogP contribution in [-0.2, 0) is 9.53 Å². The van der Waals surface area contributed by atoms with Crippen LogP contribution in [0.1, 0.15) is 105 Å². The van der Waals surface area contributed by atoms with Crippen LogP contribution in [0.3, 0.4) is 0 Å². The van der Waals surface area contributed by atoms with E-state index < -0.39 is 0 Å². The van der Waals surface area contributed by atoms with Gasteiger partial charge in [-0.2, -0.15) is 0 Å². The van der Waals surface area contributed by atoms with Crippen LogP contribution in [0.15, 0.2) is 0 Å². The lowest BCUT2D eigenvalue weighted by Crippen LogP contribution is -2.34. The first-order valence-corrected chi connectivity index (χ1v) is 11.2. The fourth-order valence-electron chi connectivity index (χ4n) is 3.41. The van der Waals surface area contributed by atoms with E-state index in [0.29, 0.717) is 12.5 Å². The van der Waals surface area contributed by atoms with Crippen LogP contribution in [0.4, 0.5) is 0 Å². The van der Waals surface area contributed by atoms with E-state index >= 15 is 0 Å². The van der Waals surface area contributed by atoms with Gasteiger partial charge < -0.3 is 4.74 Å². The summed E-state index contributed by atoms with van der Waals surface area (Å²) in [6.07, 6.45) is 14.4. The number of ether oxygens (including phenoxy) is 1. The Bertz CT molecular complexity index is 293. The lowest BCUT2D eigenvalue weighted by atomic mass is 9.81. The third-order valence-corrected chi connectivity index (χ3v) is 7.31. The van der Waals surface area contributed by atoms with Gasteiger partial charge in [-0.1, -0.05) is 79.1 Å². The number of rotatable bonds is 15. The summed E-state index contributed by atoms with van der Waals surface area (Å²) in [5.74, 6) is 0.640. The minimum Gasteiger partial charge on any atom is -0.466 e. The third-order valence-electron chi connectivity index (χ3n) is 5.38. The van der Waals surface area contributed by atoms with E-state index in [-0.39, 0.29) is 11.0 Å². The molecule has 3 heteroatoms. The van der Waals surface area contributed by atoms with E-state index in [1.807, 2.05) is 0 Å². The van der Waals surface area contributed by atoms with Crippen LogP contribution < -0.4 is 0 Å². The SMILES string of the molecule is CCCCCCOC(=O)C([SiH3])(CC)C(CCC)CCCCCC. The van der Waals surface area contributed by atoms with Crippen molar-refractivity contribution >= 4 is 16.2 Å². The Morgan fingerprint density at radius 1 is 0.870 bits per heavy atom. The van der Waals surface area contributed by atoms with E-state index in [0.717, 1.165) is 23.1 Å². The van der Waals surface area contributed by atoms with Gasteiger partial charge in [-0.05, 0) is 31.6 Å². The quantitative estimate of drug-likeness (QED) is 0.225. The molecule has 0 aromatic carbocycles. The molecule has 2 nitrogen and oxygen atoms in total. The predicted octanol–water partition coefficient (Wildman–Crippen LogP) is 5.43. The number of unbranched alkanes of at least 4 members (excludes halogenated alkanes) is 6. The minimum atomic E-state index is -0.160. The minimum absolute atomic E-state index is 0.108. The fourth-order valence-corrected chi connectivity index (χ4v) is 4.13. The molecule has 0 saturated heterocycles. The number of hydrogen-bond donors (Lipinski definition) is 0. The van der Waals surface area contributed by atoms with E-state index in [4.69, 9.17) is 4.74 Å². The zero-order chi connectivity index (χ0) is 17.6. The zero-order valence-corrected chi connectivity index (χ0v) is 18.6. The molecule has 23 heavy (non-hydrogen) atoms. The maximum absolute atomic E-state index is 12.7. The molecule has 2 unspecified atom stereocenters. The van der Waals surface area contributed by atoms with Crippen molar-refractivity contribution in [3.63, 3.8) is 0 Å². The molecule has 0 rings (SSSR count). The molecule has 0 aliphatic carbocycles. The Morgan fingerprint density at radius 3 is 2.00 bits per heavy atom. The largest absolute Gasteiger partial charge is 0.466 e. The molecular weight excluding hydrogens is 300 g/mol. The zero-order valence-electron chi connectivity index (χ0n) is 16.6. The molecule has 0 N–H and O–H groups in total. The Labute approximate surface area is 148 Å². The number of carbonyl (C=O) groups excluding carboxylic acids is 1. The van der Waals surface area contributed by atoms with Crippen molar-refractivity contribution in [3.05, 3.63) is 0 Å². The summed E-state index contributed by atoms with van der Waals surface area (Å²) < 4.78 is 5.70. The molecule has 0 spiro atoms. The van der Waals surface area contributed by atoms with Gasteiger partial charge in [0.2, 0.25) is 0 Å². The highest BCUT2D eigenvalue weighted by Gasteiger charge is 2.39. The number of hydrogen-bond acceptors (Lipinski definition) is 2. The van der Waals surface area contributed by atoms with Gasteiger partial charge in [0, 0.05) is 10.2 Å². The molecule has 0 fully saturated rings. The summed E-state index contributed by atoms with van der Waals surface area (Å²) in [6.45, 7) is 9.51. The summed E-state index contributed by atoms with van der Waals surface area (Å²) in [7, 11) is 0.915. The summed E-state index contributed by atoms with van der Waals surface area (Å²) in [4.78, 5) is 12.7. The molecule has 2 atom stereocenters. The van der Waals surface area contributed by atoms with Crippen LogP contribution in [0, 0.1) is 5.92 Å². The van der Waals surface area contributed by atoms with Gasteiger partial charge >= 0.3 is 5.97 Å². The van der Waals surface area contributed by atoms with Crippen LogP contribution in [0.25, 0.3) is 0 Å². The normalized spacial score (nSPS) is 15.3. The van der Waals surface area contributed by atoms with Crippen LogP contribution >= 0.6 is 0 Å². The monoisotopic (exact) mass is 342 g/mol. The maximum Gasteiger partial charge on any atom is 0.308 e. The highest BCUT2D eigenvalue weighted by atomic mass is 28.1. The second-order valence-electron chi connectivity index (χ2n) is 7.30. The number of esters is 1. The van der Waals surface area contributed by atoms with Gasteiger partial charge in [-0.3, -0.25) is 4.79 Å². The summed E-state index contributed by atoms with van der Waals surface area (Å²) in [6, 6.07) is 0. The Balaban J connectivity index is 4.52. The molecule has 0 amide bonds. The molecule has 0 aromatic heterocycles. The first-order chi connectivity index (χ1) is 11.1. The van der Waals surface area contributed by atoms with E-state index in [1.165, 1.54) is 64.2 Å². The molecular formula is C20H42O2Si. The van der Waals surface area contributed by atoms with Gasteiger partial charge in [0.05, 0.1) is 11.6 Å². The van der Waals surface area contributed by atoms with Crippen molar-refractivity contribution in [2.45, 2.75) is 110 Å². The molecule has 0 aliphatic rings. The van der Waals surface area contributed by atoms with E-state index in [2.05, 4.69) is 27.7 Å². The van der Waals surface area contributed by atoms with Crippen LogP contribution in [0.2, 0.25) is 5.04 Å². The highest BCUT2D eigenvalue weighted by Crippen LogP contribution is 2.43. The smallest absolute Gasteiger partial charge is 0.308 e. The molecule has 0 aliphatic heterocycles. The average molecular weight is 343 g/mol. The van der Waals surface area contributed by atoms with Crippen molar-refractivity contribution < 1.29 is 9.53 Å². The molecule has 0 heterocycles. The van der Waals surface area contributed by atoms with Crippen molar-refractivity contribution in [3.8, 4) is 0 Å². The molecule has 0 bridgehead atoms.